The number of nitrogens with zero attached hydrogens (tertiary/aromatic N) is 1. The molecule has 1 atom stereocenters. The van der Waals surface area contributed by atoms with E-state index in [0.29, 0.717) is 6.04 Å². The van der Waals surface area contributed by atoms with Gasteiger partial charge in [0, 0.05) is 26.2 Å². The highest BCUT2D eigenvalue weighted by Gasteiger charge is 2.31. The lowest BCUT2D eigenvalue weighted by Gasteiger charge is -2.35. The van der Waals surface area contributed by atoms with Crippen LogP contribution in [-0.2, 0) is 11.3 Å². The van der Waals surface area contributed by atoms with Crippen molar-refractivity contribution in [2.24, 2.45) is 0 Å². The number of fused-ring (bicyclic) bond motifs is 1. The fourth-order valence-corrected chi connectivity index (χ4v) is 3.61. The van der Waals surface area contributed by atoms with Gasteiger partial charge in [-0.1, -0.05) is 43.5 Å². The molecular formula is C17H24N2O. The van der Waals surface area contributed by atoms with Crippen LogP contribution in [0.15, 0.2) is 24.3 Å². The first-order chi connectivity index (χ1) is 9.77. The Morgan fingerprint density at radius 2 is 1.95 bits per heavy atom. The molecule has 1 unspecified atom stereocenters. The Bertz CT molecular complexity index is 480. The topological polar surface area (TPSA) is 32.3 Å². The van der Waals surface area contributed by atoms with Gasteiger partial charge in [-0.2, -0.15) is 0 Å². The van der Waals surface area contributed by atoms with Crippen molar-refractivity contribution < 1.29 is 4.79 Å². The highest BCUT2D eigenvalue weighted by atomic mass is 16.2. The molecule has 1 aromatic carbocycles. The van der Waals surface area contributed by atoms with Crippen LogP contribution in [0.1, 0.15) is 49.1 Å². The van der Waals surface area contributed by atoms with Gasteiger partial charge in [0.05, 0.1) is 5.92 Å². The van der Waals surface area contributed by atoms with E-state index >= 15 is 0 Å². The molecule has 3 rings (SSSR count). The van der Waals surface area contributed by atoms with Gasteiger partial charge in [-0.25, -0.2) is 0 Å². The molecular weight excluding hydrogens is 248 g/mol. The van der Waals surface area contributed by atoms with Crippen molar-refractivity contribution in [3.8, 4) is 0 Å². The molecule has 1 aliphatic carbocycles. The maximum atomic E-state index is 12.8. The Labute approximate surface area is 121 Å². The molecule has 0 bridgehead atoms. The van der Waals surface area contributed by atoms with E-state index in [0.717, 1.165) is 13.1 Å². The van der Waals surface area contributed by atoms with Crippen LogP contribution in [0.5, 0.6) is 0 Å². The molecule has 1 amide bonds. The zero-order valence-electron chi connectivity index (χ0n) is 12.3. The van der Waals surface area contributed by atoms with Gasteiger partial charge in [0.1, 0.15) is 0 Å². The number of nitrogens with one attached hydrogen (secondary N) is 1. The highest BCUT2D eigenvalue weighted by Crippen LogP contribution is 2.28. The van der Waals surface area contributed by atoms with Crippen LogP contribution >= 0.6 is 0 Å². The van der Waals surface area contributed by atoms with Crippen molar-refractivity contribution in [1.29, 1.82) is 0 Å². The van der Waals surface area contributed by atoms with Crippen LogP contribution in [0.4, 0.5) is 0 Å². The number of likely N-dealkylation sites (N-methyl/N-ethyl adjacent to an activating group) is 1. The van der Waals surface area contributed by atoms with Crippen LogP contribution < -0.4 is 5.32 Å². The number of amides is 1. The minimum absolute atomic E-state index is 0.00752. The molecule has 1 aliphatic heterocycles. The van der Waals surface area contributed by atoms with Gasteiger partial charge in [-0.15, -0.1) is 0 Å². The third-order valence-corrected chi connectivity index (χ3v) is 4.86. The van der Waals surface area contributed by atoms with Crippen molar-refractivity contribution in [2.75, 3.05) is 13.6 Å². The smallest absolute Gasteiger partial charge is 0.231 e. The lowest BCUT2D eigenvalue weighted by Crippen LogP contribution is -2.44. The van der Waals surface area contributed by atoms with Crippen molar-refractivity contribution in [1.82, 2.24) is 10.2 Å². The first-order valence-corrected chi connectivity index (χ1v) is 7.82. The second-order valence-corrected chi connectivity index (χ2v) is 6.12. The van der Waals surface area contributed by atoms with E-state index in [1.807, 2.05) is 18.0 Å². The summed E-state index contributed by atoms with van der Waals surface area (Å²) in [4.78, 5) is 14.9. The quantitative estimate of drug-likeness (QED) is 0.897. The van der Waals surface area contributed by atoms with Crippen LogP contribution in [-0.4, -0.2) is 30.4 Å². The minimum atomic E-state index is -0.00752. The molecule has 1 saturated carbocycles. The molecule has 0 radical (unpaired) electrons. The molecule has 2 aliphatic rings. The summed E-state index contributed by atoms with van der Waals surface area (Å²) in [5.74, 6) is 0.281. The van der Waals surface area contributed by atoms with Crippen molar-refractivity contribution in [3.05, 3.63) is 35.4 Å². The van der Waals surface area contributed by atoms with E-state index in [1.54, 1.807) is 0 Å². The number of carbonyl (C=O) groups excluding carboxylic acids is 1. The zero-order valence-corrected chi connectivity index (χ0v) is 12.3. The Hall–Kier alpha value is -1.35. The van der Waals surface area contributed by atoms with Crippen molar-refractivity contribution >= 4 is 5.91 Å². The molecule has 0 saturated heterocycles. The van der Waals surface area contributed by atoms with E-state index in [2.05, 4.69) is 23.5 Å². The Kier molecular flexibility index (Phi) is 4.06. The third-order valence-electron chi connectivity index (χ3n) is 4.86. The molecule has 108 valence electrons. The van der Waals surface area contributed by atoms with Crippen LogP contribution in [0.3, 0.4) is 0 Å². The van der Waals surface area contributed by atoms with Gasteiger partial charge >= 0.3 is 0 Å². The van der Waals surface area contributed by atoms with Gasteiger partial charge in [0.15, 0.2) is 0 Å². The second-order valence-electron chi connectivity index (χ2n) is 6.12. The second kappa shape index (κ2) is 5.96. The lowest BCUT2D eigenvalue weighted by molar-refractivity contribution is -0.134. The van der Waals surface area contributed by atoms with Crippen molar-refractivity contribution in [3.63, 3.8) is 0 Å². The van der Waals surface area contributed by atoms with E-state index < -0.39 is 0 Å². The molecule has 20 heavy (non-hydrogen) atoms. The van der Waals surface area contributed by atoms with Gasteiger partial charge in [-0.05, 0) is 24.0 Å². The van der Waals surface area contributed by atoms with Crippen molar-refractivity contribution in [2.45, 2.75) is 50.6 Å². The summed E-state index contributed by atoms with van der Waals surface area (Å²) in [7, 11) is 2.00. The Balaban J connectivity index is 1.77. The number of rotatable bonds is 2. The molecule has 1 aromatic rings. The highest BCUT2D eigenvalue weighted by molar-refractivity contribution is 5.84. The van der Waals surface area contributed by atoms with Gasteiger partial charge < -0.3 is 10.2 Å². The molecule has 0 aromatic heterocycles. The van der Waals surface area contributed by atoms with E-state index in [9.17, 15) is 4.79 Å². The van der Waals surface area contributed by atoms with Crippen LogP contribution in [0.25, 0.3) is 0 Å². The summed E-state index contributed by atoms with van der Waals surface area (Å²) in [5, 5.41) is 3.38. The van der Waals surface area contributed by atoms with E-state index in [1.165, 1.54) is 43.2 Å². The number of benzene rings is 1. The summed E-state index contributed by atoms with van der Waals surface area (Å²) in [6.45, 7) is 1.65. The SMILES string of the molecule is CN(C(=O)C1CNCc2ccccc21)C1CCCCC1. The first kappa shape index (κ1) is 13.6. The van der Waals surface area contributed by atoms with Gasteiger partial charge in [-0.3, -0.25) is 4.79 Å². The number of carbonyl (C=O) groups is 1. The van der Waals surface area contributed by atoms with Crippen LogP contribution in [0, 0.1) is 0 Å². The monoisotopic (exact) mass is 272 g/mol. The molecule has 3 heteroatoms. The molecule has 1 heterocycles. The summed E-state index contributed by atoms with van der Waals surface area (Å²) >= 11 is 0. The third kappa shape index (κ3) is 2.59. The summed E-state index contributed by atoms with van der Waals surface area (Å²) < 4.78 is 0. The van der Waals surface area contributed by atoms with Crippen LogP contribution in [0.2, 0.25) is 0 Å². The fraction of sp³-hybridized carbons (Fsp3) is 0.588. The molecule has 0 spiro atoms. The predicted molar refractivity (Wildman–Crippen MR) is 80.5 cm³/mol. The number of hydrogen-bond donors (Lipinski definition) is 1. The Morgan fingerprint density at radius 3 is 2.75 bits per heavy atom. The van der Waals surface area contributed by atoms with Gasteiger partial charge in [0.25, 0.3) is 0 Å². The Morgan fingerprint density at radius 1 is 1.20 bits per heavy atom. The summed E-state index contributed by atoms with van der Waals surface area (Å²) in [6.07, 6.45) is 6.20. The maximum Gasteiger partial charge on any atom is 0.231 e. The fourth-order valence-electron chi connectivity index (χ4n) is 3.61. The maximum absolute atomic E-state index is 12.8. The van der Waals surface area contributed by atoms with Gasteiger partial charge in [0.2, 0.25) is 5.91 Å². The normalized spacial score (nSPS) is 23.1. The summed E-state index contributed by atoms with van der Waals surface area (Å²) in [6, 6.07) is 8.80. The molecule has 1 fully saturated rings. The standard InChI is InChI=1S/C17H24N2O/c1-19(14-8-3-2-4-9-14)17(20)16-12-18-11-13-7-5-6-10-15(13)16/h5-7,10,14,16,18H,2-4,8-9,11-12H2,1H3. The lowest BCUT2D eigenvalue weighted by atomic mass is 9.88. The largest absolute Gasteiger partial charge is 0.342 e. The molecule has 1 N–H and O–H groups in total. The average molecular weight is 272 g/mol. The van der Waals surface area contributed by atoms with E-state index in [-0.39, 0.29) is 11.8 Å². The van der Waals surface area contributed by atoms with E-state index in [4.69, 9.17) is 0 Å². The predicted octanol–water partition coefficient (Wildman–Crippen LogP) is 2.66. The minimum Gasteiger partial charge on any atom is -0.342 e. The average Bonchev–Trinajstić information content (AvgIpc) is 2.54. The zero-order chi connectivity index (χ0) is 13.9. The summed E-state index contributed by atoms with van der Waals surface area (Å²) in [5.41, 5.74) is 2.49. The molecule has 3 nitrogen and oxygen atoms in total. The first-order valence-electron chi connectivity index (χ1n) is 7.82. The number of hydrogen-bond acceptors (Lipinski definition) is 2.